The topological polar surface area (TPSA) is 53.5 Å². The SMILES string of the molecule is Cc1nc(-c2ccc(S(=O)(=O)N3CCN(c4ccc(F)cc4)CC3)s2)cs1. The minimum absolute atomic E-state index is 0.274. The van der Waals surface area contributed by atoms with Gasteiger partial charge in [0.05, 0.1) is 15.6 Å². The van der Waals surface area contributed by atoms with Gasteiger partial charge in [-0.05, 0) is 43.3 Å². The normalized spacial score (nSPS) is 16.0. The summed E-state index contributed by atoms with van der Waals surface area (Å²) < 4.78 is 40.9. The van der Waals surface area contributed by atoms with Crippen LogP contribution in [0.25, 0.3) is 10.6 Å². The summed E-state index contributed by atoms with van der Waals surface area (Å²) in [6.07, 6.45) is 0. The third kappa shape index (κ3) is 3.77. The lowest BCUT2D eigenvalue weighted by Gasteiger charge is -2.35. The van der Waals surface area contributed by atoms with Gasteiger partial charge in [-0.25, -0.2) is 17.8 Å². The lowest BCUT2D eigenvalue weighted by Crippen LogP contribution is -2.48. The molecule has 3 aromatic rings. The van der Waals surface area contributed by atoms with Crippen LogP contribution in [0.1, 0.15) is 5.01 Å². The molecule has 1 aromatic carbocycles. The van der Waals surface area contributed by atoms with Gasteiger partial charge in [0.15, 0.2) is 0 Å². The van der Waals surface area contributed by atoms with E-state index in [1.807, 2.05) is 18.4 Å². The highest BCUT2D eigenvalue weighted by molar-refractivity contribution is 7.91. The molecule has 5 nitrogen and oxygen atoms in total. The Balaban J connectivity index is 1.47. The molecule has 142 valence electrons. The summed E-state index contributed by atoms with van der Waals surface area (Å²) in [6.45, 7) is 3.90. The number of hydrogen-bond acceptors (Lipinski definition) is 6. The van der Waals surface area contributed by atoms with Crippen molar-refractivity contribution in [3.8, 4) is 10.6 Å². The second kappa shape index (κ2) is 7.31. The molecule has 0 unspecified atom stereocenters. The first kappa shape index (κ1) is 18.5. The maximum atomic E-state index is 13.1. The molecule has 0 aliphatic carbocycles. The first-order valence-electron chi connectivity index (χ1n) is 8.46. The Kier molecular flexibility index (Phi) is 5.02. The highest BCUT2D eigenvalue weighted by atomic mass is 32.2. The largest absolute Gasteiger partial charge is 0.369 e. The molecule has 0 radical (unpaired) electrons. The van der Waals surface area contributed by atoms with Crippen molar-refractivity contribution in [3.05, 3.63) is 52.6 Å². The van der Waals surface area contributed by atoms with E-state index in [0.29, 0.717) is 30.4 Å². The highest BCUT2D eigenvalue weighted by Gasteiger charge is 2.30. The van der Waals surface area contributed by atoms with Gasteiger partial charge < -0.3 is 4.90 Å². The van der Waals surface area contributed by atoms with Crippen LogP contribution < -0.4 is 4.90 Å². The van der Waals surface area contributed by atoms with E-state index in [0.717, 1.165) is 21.3 Å². The van der Waals surface area contributed by atoms with E-state index < -0.39 is 10.0 Å². The molecule has 1 aliphatic rings. The molecule has 0 saturated carbocycles. The number of hydrogen-bond donors (Lipinski definition) is 0. The summed E-state index contributed by atoms with van der Waals surface area (Å²) in [7, 11) is -3.51. The van der Waals surface area contributed by atoms with Gasteiger partial charge in [0, 0.05) is 37.2 Å². The minimum Gasteiger partial charge on any atom is -0.369 e. The number of aryl methyl sites for hydroxylation is 1. The number of sulfonamides is 1. The number of benzene rings is 1. The first-order valence-corrected chi connectivity index (χ1v) is 11.6. The Morgan fingerprint density at radius 1 is 1.04 bits per heavy atom. The molecule has 1 aliphatic heterocycles. The van der Waals surface area contributed by atoms with Crippen molar-refractivity contribution in [2.45, 2.75) is 11.1 Å². The molecule has 27 heavy (non-hydrogen) atoms. The van der Waals surface area contributed by atoms with Crippen molar-refractivity contribution in [3.63, 3.8) is 0 Å². The van der Waals surface area contributed by atoms with Crippen molar-refractivity contribution >= 4 is 38.4 Å². The number of halogens is 1. The van der Waals surface area contributed by atoms with Gasteiger partial charge in [0.1, 0.15) is 10.0 Å². The van der Waals surface area contributed by atoms with Crippen LogP contribution in [0.15, 0.2) is 46.0 Å². The molecular formula is C18H18FN3O2S3. The maximum Gasteiger partial charge on any atom is 0.252 e. The number of aromatic nitrogens is 1. The van der Waals surface area contributed by atoms with E-state index >= 15 is 0 Å². The number of piperazine rings is 1. The summed E-state index contributed by atoms with van der Waals surface area (Å²) in [5.41, 5.74) is 1.73. The molecule has 1 saturated heterocycles. The molecule has 0 amide bonds. The fourth-order valence-electron chi connectivity index (χ4n) is 3.04. The van der Waals surface area contributed by atoms with Crippen LogP contribution in [0.4, 0.5) is 10.1 Å². The van der Waals surface area contributed by atoms with Crippen LogP contribution in [0, 0.1) is 12.7 Å². The molecule has 0 bridgehead atoms. The smallest absolute Gasteiger partial charge is 0.252 e. The fraction of sp³-hybridized carbons (Fsp3) is 0.278. The third-order valence-corrected chi connectivity index (χ3v) is 8.72. The third-order valence-electron chi connectivity index (χ3n) is 4.48. The van der Waals surface area contributed by atoms with Gasteiger partial charge >= 0.3 is 0 Å². The first-order chi connectivity index (χ1) is 12.9. The van der Waals surface area contributed by atoms with Crippen LogP contribution in [0.2, 0.25) is 0 Å². The van der Waals surface area contributed by atoms with Crippen LogP contribution in [0.3, 0.4) is 0 Å². The number of thiophene rings is 1. The van der Waals surface area contributed by atoms with Gasteiger partial charge in [-0.15, -0.1) is 22.7 Å². The van der Waals surface area contributed by atoms with Crippen LogP contribution in [-0.2, 0) is 10.0 Å². The average Bonchev–Trinajstić information content (AvgIpc) is 3.32. The predicted octanol–water partition coefficient (Wildman–Crippen LogP) is 3.83. The summed E-state index contributed by atoms with van der Waals surface area (Å²) in [5, 5.41) is 2.90. The van der Waals surface area contributed by atoms with Crippen LogP contribution >= 0.6 is 22.7 Å². The van der Waals surface area contributed by atoms with Crippen molar-refractivity contribution in [1.82, 2.24) is 9.29 Å². The zero-order valence-electron chi connectivity index (χ0n) is 14.6. The van der Waals surface area contributed by atoms with Crippen molar-refractivity contribution in [2.24, 2.45) is 0 Å². The Hall–Kier alpha value is -1.81. The van der Waals surface area contributed by atoms with Gasteiger partial charge in [0.25, 0.3) is 10.0 Å². The van der Waals surface area contributed by atoms with E-state index in [2.05, 4.69) is 9.88 Å². The second-order valence-electron chi connectivity index (χ2n) is 6.24. The highest BCUT2D eigenvalue weighted by Crippen LogP contribution is 2.33. The summed E-state index contributed by atoms with van der Waals surface area (Å²) in [6, 6.07) is 9.77. The standard InChI is InChI=1S/C18H18FN3O2S3/c1-13-20-16(12-25-13)17-6-7-18(26-17)27(23,24)22-10-8-21(9-11-22)15-4-2-14(19)3-5-15/h2-7,12H,8-11H2,1H3. The zero-order chi connectivity index (χ0) is 19.0. The van der Waals surface area contributed by atoms with E-state index in [4.69, 9.17) is 0 Å². The fourth-order valence-corrected chi connectivity index (χ4v) is 6.57. The quantitative estimate of drug-likeness (QED) is 0.640. The predicted molar refractivity (Wildman–Crippen MR) is 108 cm³/mol. The van der Waals surface area contributed by atoms with Crippen molar-refractivity contribution < 1.29 is 12.8 Å². The van der Waals surface area contributed by atoms with Crippen molar-refractivity contribution in [2.75, 3.05) is 31.1 Å². The molecule has 0 spiro atoms. The Bertz CT molecular complexity index is 1040. The van der Waals surface area contributed by atoms with Gasteiger partial charge in [0.2, 0.25) is 0 Å². The van der Waals surface area contributed by atoms with E-state index in [1.54, 1.807) is 29.5 Å². The Morgan fingerprint density at radius 2 is 1.74 bits per heavy atom. The molecule has 1 fully saturated rings. The monoisotopic (exact) mass is 423 g/mol. The molecule has 0 atom stereocenters. The van der Waals surface area contributed by atoms with Gasteiger partial charge in [-0.1, -0.05) is 0 Å². The lowest BCUT2D eigenvalue weighted by molar-refractivity contribution is 0.386. The number of rotatable bonds is 4. The molecule has 4 rings (SSSR count). The molecule has 3 heterocycles. The number of thiazole rings is 1. The van der Waals surface area contributed by atoms with Gasteiger partial charge in [-0.2, -0.15) is 4.31 Å². The zero-order valence-corrected chi connectivity index (χ0v) is 17.1. The average molecular weight is 424 g/mol. The minimum atomic E-state index is -3.51. The second-order valence-corrected chi connectivity index (χ2v) is 10.5. The number of anilines is 1. The molecule has 9 heteroatoms. The van der Waals surface area contributed by atoms with Gasteiger partial charge in [-0.3, -0.25) is 0 Å². The van der Waals surface area contributed by atoms with E-state index in [1.165, 1.54) is 27.8 Å². The molecule has 0 N–H and O–H groups in total. The lowest BCUT2D eigenvalue weighted by atomic mass is 10.2. The van der Waals surface area contributed by atoms with Crippen LogP contribution in [-0.4, -0.2) is 43.9 Å². The Labute approximate surface area is 165 Å². The van der Waals surface area contributed by atoms with Crippen molar-refractivity contribution in [1.29, 1.82) is 0 Å². The van der Waals surface area contributed by atoms with E-state index in [-0.39, 0.29) is 5.82 Å². The number of nitrogens with zero attached hydrogens (tertiary/aromatic N) is 3. The molecule has 2 aromatic heterocycles. The Morgan fingerprint density at radius 3 is 2.37 bits per heavy atom. The maximum absolute atomic E-state index is 13.1. The molecular weight excluding hydrogens is 405 g/mol. The summed E-state index contributed by atoms with van der Waals surface area (Å²) in [5.74, 6) is -0.274. The van der Waals surface area contributed by atoms with E-state index in [9.17, 15) is 12.8 Å². The summed E-state index contributed by atoms with van der Waals surface area (Å²) >= 11 is 2.81. The van der Waals surface area contributed by atoms with Crippen LogP contribution in [0.5, 0.6) is 0 Å². The summed E-state index contributed by atoms with van der Waals surface area (Å²) in [4.78, 5) is 7.36.